The van der Waals surface area contributed by atoms with E-state index in [1.54, 1.807) is 25.6 Å². The first-order chi connectivity index (χ1) is 10.2. The third-order valence-corrected chi connectivity index (χ3v) is 3.23. The molecule has 0 spiro atoms. The summed E-state index contributed by atoms with van der Waals surface area (Å²) in [5.41, 5.74) is 2.41. The molecule has 1 aromatic heterocycles. The Kier molecular flexibility index (Phi) is 5.99. The van der Waals surface area contributed by atoms with Gasteiger partial charge in [0.1, 0.15) is 11.5 Å². The van der Waals surface area contributed by atoms with E-state index < -0.39 is 0 Å². The number of hydrogen-bond acceptors (Lipinski definition) is 4. The minimum atomic E-state index is 0.559. The summed E-state index contributed by atoms with van der Waals surface area (Å²) in [5, 5.41) is 3.89. The van der Waals surface area contributed by atoms with Gasteiger partial charge in [0.25, 0.3) is 0 Å². The molecule has 0 atom stereocenters. The highest BCUT2D eigenvalue weighted by Gasteiger charge is 2.03. The minimum absolute atomic E-state index is 0.559. The van der Waals surface area contributed by atoms with Gasteiger partial charge >= 0.3 is 0 Å². The summed E-state index contributed by atoms with van der Waals surface area (Å²) in [6.07, 6.45) is 3.22. The number of aromatic nitrogens is 1. The third kappa shape index (κ3) is 5.01. The molecular weight excluding hydrogens is 288 g/mol. The van der Waals surface area contributed by atoms with Gasteiger partial charge in [0, 0.05) is 32.5 Å². The van der Waals surface area contributed by atoms with Crippen molar-refractivity contribution < 1.29 is 9.47 Å². The summed E-state index contributed by atoms with van der Waals surface area (Å²) in [4.78, 5) is 4.00. The molecule has 0 aliphatic rings. The summed E-state index contributed by atoms with van der Waals surface area (Å²) in [6, 6.07) is 7.75. The van der Waals surface area contributed by atoms with Crippen molar-refractivity contribution in [1.82, 2.24) is 10.3 Å². The topological polar surface area (TPSA) is 43.4 Å². The fourth-order valence-corrected chi connectivity index (χ4v) is 2.08. The minimum Gasteiger partial charge on any atom is -0.456 e. The first-order valence-corrected chi connectivity index (χ1v) is 7.14. The molecule has 0 fully saturated rings. The Bertz CT molecular complexity index is 590. The predicted molar refractivity (Wildman–Crippen MR) is 84.1 cm³/mol. The van der Waals surface area contributed by atoms with E-state index >= 15 is 0 Å². The van der Waals surface area contributed by atoms with Crippen LogP contribution in [0.15, 0.2) is 36.7 Å². The second-order valence-corrected chi connectivity index (χ2v) is 5.14. The van der Waals surface area contributed by atoms with Gasteiger partial charge in [-0.1, -0.05) is 17.7 Å². The lowest BCUT2D eigenvalue weighted by molar-refractivity contribution is 0.199. The molecule has 0 bridgehead atoms. The van der Waals surface area contributed by atoms with Crippen LogP contribution in [-0.4, -0.2) is 25.2 Å². The van der Waals surface area contributed by atoms with Crippen LogP contribution >= 0.6 is 11.6 Å². The van der Waals surface area contributed by atoms with Crippen LogP contribution in [0.5, 0.6) is 11.5 Å². The van der Waals surface area contributed by atoms with E-state index in [1.807, 2.05) is 12.1 Å². The van der Waals surface area contributed by atoms with Crippen LogP contribution in [0.3, 0.4) is 0 Å². The number of nitrogens with one attached hydrogen (secondary N) is 1. The summed E-state index contributed by atoms with van der Waals surface area (Å²) in [5.74, 6) is 1.41. The van der Waals surface area contributed by atoms with Gasteiger partial charge < -0.3 is 14.8 Å². The van der Waals surface area contributed by atoms with E-state index in [4.69, 9.17) is 21.1 Å². The summed E-state index contributed by atoms with van der Waals surface area (Å²) in [7, 11) is 1.70. The summed E-state index contributed by atoms with van der Waals surface area (Å²) >= 11 is 5.89. The van der Waals surface area contributed by atoms with Gasteiger partial charge in [-0.25, -0.2) is 0 Å². The van der Waals surface area contributed by atoms with Crippen LogP contribution < -0.4 is 10.1 Å². The number of halogens is 1. The van der Waals surface area contributed by atoms with Crippen molar-refractivity contribution in [2.75, 3.05) is 20.3 Å². The molecule has 0 aliphatic heterocycles. The molecule has 0 aliphatic carbocycles. The predicted octanol–water partition coefficient (Wildman–Crippen LogP) is 3.57. The second kappa shape index (κ2) is 7.98. The Balaban J connectivity index is 1.98. The molecule has 1 N–H and O–H groups in total. The van der Waals surface area contributed by atoms with Gasteiger partial charge in [-0.05, 0) is 30.2 Å². The van der Waals surface area contributed by atoms with Gasteiger partial charge in [0.15, 0.2) is 0 Å². The largest absolute Gasteiger partial charge is 0.456 e. The first-order valence-electron chi connectivity index (χ1n) is 6.76. The van der Waals surface area contributed by atoms with E-state index in [0.717, 1.165) is 18.8 Å². The lowest BCUT2D eigenvalue weighted by atomic mass is 10.1. The highest BCUT2D eigenvalue weighted by atomic mass is 35.5. The highest BCUT2D eigenvalue weighted by molar-refractivity contribution is 6.30. The molecule has 21 heavy (non-hydrogen) atoms. The molecule has 1 heterocycles. The van der Waals surface area contributed by atoms with E-state index in [2.05, 4.69) is 23.3 Å². The van der Waals surface area contributed by atoms with E-state index in [1.165, 1.54) is 11.1 Å². The van der Waals surface area contributed by atoms with Crippen LogP contribution in [0.1, 0.15) is 11.1 Å². The highest BCUT2D eigenvalue weighted by Crippen LogP contribution is 2.25. The van der Waals surface area contributed by atoms with Crippen molar-refractivity contribution in [3.63, 3.8) is 0 Å². The van der Waals surface area contributed by atoms with Gasteiger partial charge in [-0.3, -0.25) is 4.98 Å². The molecule has 0 saturated carbocycles. The van der Waals surface area contributed by atoms with Crippen molar-refractivity contribution in [2.24, 2.45) is 0 Å². The summed E-state index contributed by atoms with van der Waals surface area (Å²) < 4.78 is 10.8. The van der Waals surface area contributed by atoms with Gasteiger partial charge in [0.2, 0.25) is 0 Å². The lowest BCUT2D eigenvalue weighted by Crippen LogP contribution is -2.19. The van der Waals surface area contributed by atoms with E-state index in [0.29, 0.717) is 17.4 Å². The maximum Gasteiger partial charge on any atom is 0.147 e. The zero-order valence-corrected chi connectivity index (χ0v) is 13.0. The number of rotatable bonds is 7. The molecular formula is C16H19ClN2O2. The van der Waals surface area contributed by atoms with Crippen LogP contribution in [0.2, 0.25) is 5.02 Å². The van der Waals surface area contributed by atoms with Gasteiger partial charge in [-0.2, -0.15) is 0 Å². The Hall–Kier alpha value is -1.62. The average molecular weight is 307 g/mol. The Labute approximate surface area is 130 Å². The molecule has 5 heteroatoms. The van der Waals surface area contributed by atoms with Crippen molar-refractivity contribution in [2.45, 2.75) is 13.5 Å². The molecule has 0 unspecified atom stereocenters. The van der Waals surface area contributed by atoms with Crippen LogP contribution in [0.4, 0.5) is 0 Å². The smallest absolute Gasteiger partial charge is 0.147 e. The van der Waals surface area contributed by atoms with Crippen molar-refractivity contribution >= 4 is 11.6 Å². The lowest BCUT2D eigenvalue weighted by Gasteiger charge is -2.11. The number of ether oxygens (including phenoxy) is 2. The molecule has 0 radical (unpaired) electrons. The maximum atomic E-state index is 5.89. The van der Waals surface area contributed by atoms with Crippen molar-refractivity contribution in [3.8, 4) is 11.5 Å². The molecule has 4 nitrogen and oxygen atoms in total. The molecule has 0 saturated heterocycles. The molecule has 2 aromatic rings. The van der Waals surface area contributed by atoms with Gasteiger partial charge in [0.05, 0.1) is 17.8 Å². The fraction of sp³-hybridized carbons (Fsp3) is 0.312. The van der Waals surface area contributed by atoms with E-state index in [9.17, 15) is 0 Å². The number of aryl methyl sites for hydroxylation is 1. The van der Waals surface area contributed by atoms with Gasteiger partial charge in [-0.15, -0.1) is 0 Å². The molecule has 2 rings (SSSR count). The number of hydrogen-bond donors (Lipinski definition) is 1. The Morgan fingerprint density at radius 1 is 1.19 bits per heavy atom. The molecule has 112 valence electrons. The molecule has 0 amide bonds. The first kappa shape index (κ1) is 15.8. The zero-order chi connectivity index (χ0) is 15.1. The van der Waals surface area contributed by atoms with Crippen LogP contribution in [0.25, 0.3) is 0 Å². The SMILES string of the molecule is COCCNCc1ccc(Oc2cncc(Cl)c2)cc1C. The van der Waals surface area contributed by atoms with Crippen molar-refractivity contribution in [1.29, 1.82) is 0 Å². The normalized spacial score (nSPS) is 10.6. The average Bonchev–Trinajstić information content (AvgIpc) is 2.45. The zero-order valence-electron chi connectivity index (χ0n) is 12.2. The quantitative estimate of drug-likeness (QED) is 0.794. The fourth-order valence-electron chi connectivity index (χ4n) is 1.91. The second-order valence-electron chi connectivity index (χ2n) is 4.70. The standard InChI is InChI=1S/C16H19ClN2O2/c1-12-7-15(21-16-8-14(17)10-19-11-16)4-3-13(12)9-18-5-6-20-2/h3-4,7-8,10-11,18H,5-6,9H2,1-2H3. The summed E-state index contributed by atoms with van der Waals surface area (Å²) in [6.45, 7) is 4.43. The monoisotopic (exact) mass is 306 g/mol. The number of nitrogens with zero attached hydrogens (tertiary/aromatic N) is 1. The van der Waals surface area contributed by atoms with Crippen LogP contribution in [0, 0.1) is 6.92 Å². The number of methoxy groups -OCH3 is 1. The maximum absolute atomic E-state index is 5.89. The Morgan fingerprint density at radius 2 is 2.05 bits per heavy atom. The van der Waals surface area contributed by atoms with E-state index in [-0.39, 0.29) is 0 Å². The van der Waals surface area contributed by atoms with Crippen LogP contribution in [-0.2, 0) is 11.3 Å². The molecule has 1 aromatic carbocycles. The third-order valence-electron chi connectivity index (χ3n) is 3.03. The van der Waals surface area contributed by atoms with Crippen molar-refractivity contribution in [3.05, 3.63) is 52.8 Å². The number of benzene rings is 1. The Morgan fingerprint density at radius 3 is 2.76 bits per heavy atom. The number of pyridine rings is 1.